The number of hydrogen-bond donors (Lipinski definition) is 1. The lowest BCUT2D eigenvalue weighted by Crippen LogP contribution is -2.69. The average Bonchev–Trinajstić information content (AvgIpc) is 2.34. The summed E-state index contributed by atoms with van der Waals surface area (Å²) in [6.45, 7) is 8.58. The van der Waals surface area contributed by atoms with E-state index in [4.69, 9.17) is 5.26 Å². The molecule has 1 saturated heterocycles. The van der Waals surface area contributed by atoms with Gasteiger partial charge >= 0.3 is 0 Å². The van der Waals surface area contributed by atoms with Crippen LogP contribution in [0.2, 0.25) is 0 Å². The zero-order valence-corrected chi connectivity index (χ0v) is 11.8. The Morgan fingerprint density at radius 2 is 1.79 bits per heavy atom. The number of carbonyl (C=O) groups excluding carboxylic acids is 1. The fourth-order valence-corrected chi connectivity index (χ4v) is 2.35. The molecule has 0 spiro atoms. The minimum atomic E-state index is -0.594. The number of hydrogen-bond acceptors (Lipinski definition) is 3. The highest BCUT2D eigenvalue weighted by molar-refractivity contribution is 5.91. The first kappa shape index (κ1) is 13.4. The summed E-state index contributed by atoms with van der Waals surface area (Å²) in [5.74, 6) is 0.0214. The van der Waals surface area contributed by atoms with Crippen LogP contribution in [0.5, 0.6) is 0 Å². The van der Waals surface area contributed by atoms with Crippen molar-refractivity contribution in [3.05, 3.63) is 29.8 Å². The third kappa shape index (κ3) is 2.41. The van der Waals surface area contributed by atoms with Crippen LogP contribution in [0.3, 0.4) is 0 Å². The summed E-state index contributed by atoms with van der Waals surface area (Å²) in [6, 6.07) is 9.47. The molecule has 1 aromatic rings. The van der Waals surface area contributed by atoms with Crippen molar-refractivity contribution in [2.45, 2.75) is 38.8 Å². The number of anilines is 1. The van der Waals surface area contributed by atoms with Crippen molar-refractivity contribution in [1.82, 2.24) is 5.32 Å². The number of nitrogens with zero attached hydrogens (tertiary/aromatic N) is 2. The van der Waals surface area contributed by atoms with E-state index in [0.29, 0.717) is 5.56 Å². The van der Waals surface area contributed by atoms with Gasteiger partial charge in [0.05, 0.1) is 17.2 Å². The van der Waals surface area contributed by atoms with E-state index in [0.717, 1.165) is 12.2 Å². The van der Waals surface area contributed by atoms with Crippen molar-refractivity contribution in [2.24, 2.45) is 0 Å². The van der Waals surface area contributed by atoms with Crippen LogP contribution in [0.1, 0.15) is 33.3 Å². The largest absolute Gasteiger partial charge is 0.355 e. The molecule has 4 heteroatoms. The highest BCUT2D eigenvalue weighted by Crippen LogP contribution is 2.30. The highest BCUT2D eigenvalue weighted by atomic mass is 16.2. The van der Waals surface area contributed by atoms with E-state index in [1.54, 1.807) is 12.1 Å². The maximum Gasteiger partial charge on any atom is 0.245 e. The zero-order valence-electron chi connectivity index (χ0n) is 11.8. The number of nitriles is 1. The summed E-state index contributed by atoms with van der Waals surface area (Å²) >= 11 is 0. The summed E-state index contributed by atoms with van der Waals surface area (Å²) in [6.07, 6.45) is 0. The van der Waals surface area contributed by atoms with Gasteiger partial charge in [0.2, 0.25) is 5.91 Å². The Morgan fingerprint density at radius 3 is 2.32 bits per heavy atom. The molecule has 0 aromatic heterocycles. The molecule has 1 fully saturated rings. The molecule has 0 bridgehead atoms. The number of piperazine rings is 1. The van der Waals surface area contributed by atoms with E-state index in [2.05, 4.69) is 16.3 Å². The second-order valence-corrected chi connectivity index (χ2v) is 6.14. The van der Waals surface area contributed by atoms with Gasteiger partial charge in [0, 0.05) is 12.2 Å². The first-order chi connectivity index (χ1) is 8.76. The summed E-state index contributed by atoms with van der Waals surface area (Å²) in [7, 11) is 0. The van der Waals surface area contributed by atoms with Crippen LogP contribution in [-0.2, 0) is 4.79 Å². The normalized spacial score (nSPS) is 20.6. The zero-order chi connectivity index (χ0) is 14.3. The molecule has 1 N–H and O–H groups in total. The molecule has 0 aliphatic carbocycles. The average molecular weight is 257 g/mol. The Labute approximate surface area is 114 Å². The van der Waals surface area contributed by atoms with Gasteiger partial charge < -0.3 is 10.2 Å². The molecule has 1 aromatic carbocycles. The lowest BCUT2D eigenvalue weighted by atomic mass is 9.90. The van der Waals surface area contributed by atoms with Crippen molar-refractivity contribution in [1.29, 1.82) is 5.26 Å². The Hall–Kier alpha value is -2.02. The van der Waals surface area contributed by atoms with E-state index in [-0.39, 0.29) is 11.4 Å². The first-order valence-electron chi connectivity index (χ1n) is 6.37. The van der Waals surface area contributed by atoms with E-state index in [1.165, 1.54) is 0 Å². The summed E-state index contributed by atoms with van der Waals surface area (Å²) in [5.41, 5.74) is 0.735. The molecule has 0 radical (unpaired) electrons. The van der Waals surface area contributed by atoms with Crippen LogP contribution in [-0.4, -0.2) is 23.5 Å². The lowest BCUT2D eigenvalue weighted by Gasteiger charge is -2.49. The van der Waals surface area contributed by atoms with Gasteiger partial charge in [-0.15, -0.1) is 0 Å². The predicted octanol–water partition coefficient (Wildman–Crippen LogP) is 2.05. The van der Waals surface area contributed by atoms with Crippen molar-refractivity contribution in [2.75, 3.05) is 11.4 Å². The fourth-order valence-electron chi connectivity index (χ4n) is 2.35. The van der Waals surface area contributed by atoms with Crippen LogP contribution in [0.4, 0.5) is 5.69 Å². The molecule has 0 atom stereocenters. The van der Waals surface area contributed by atoms with E-state index < -0.39 is 5.54 Å². The molecule has 2 rings (SSSR count). The van der Waals surface area contributed by atoms with Gasteiger partial charge in [-0.05, 0) is 52.0 Å². The Kier molecular flexibility index (Phi) is 3.01. The number of rotatable bonds is 1. The van der Waals surface area contributed by atoms with Gasteiger partial charge in [-0.25, -0.2) is 0 Å². The Balaban J connectivity index is 2.39. The van der Waals surface area contributed by atoms with Gasteiger partial charge in [-0.2, -0.15) is 5.26 Å². The molecule has 0 unspecified atom stereocenters. The second kappa shape index (κ2) is 4.27. The number of benzene rings is 1. The molecule has 1 amide bonds. The van der Waals surface area contributed by atoms with Crippen molar-refractivity contribution in [3.8, 4) is 6.07 Å². The Morgan fingerprint density at radius 1 is 1.21 bits per heavy atom. The highest BCUT2D eigenvalue weighted by Gasteiger charge is 2.44. The topological polar surface area (TPSA) is 56.1 Å². The van der Waals surface area contributed by atoms with Gasteiger partial charge in [-0.1, -0.05) is 0 Å². The molecule has 100 valence electrons. The molecule has 19 heavy (non-hydrogen) atoms. The summed E-state index contributed by atoms with van der Waals surface area (Å²) in [4.78, 5) is 14.3. The van der Waals surface area contributed by atoms with Gasteiger partial charge in [-0.3, -0.25) is 4.79 Å². The van der Waals surface area contributed by atoms with E-state index >= 15 is 0 Å². The molecular formula is C15H19N3O. The van der Waals surface area contributed by atoms with Crippen LogP contribution in [0.25, 0.3) is 0 Å². The number of amides is 1. The standard InChI is InChI=1S/C15H19N3O/c1-14(2)10-18(15(3,4)13(19)17-14)12-7-5-11(9-16)6-8-12/h5-8H,10H2,1-4H3,(H,17,19). The van der Waals surface area contributed by atoms with Crippen molar-refractivity contribution in [3.63, 3.8) is 0 Å². The van der Waals surface area contributed by atoms with E-state index in [1.807, 2.05) is 39.8 Å². The maximum absolute atomic E-state index is 12.2. The SMILES string of the molecule is CC1(C)CN(c2ccc(C#N)cc2)C(C)(C)C(=O)N1. The first-order valence-corrected chi connectivity index (χ1v) is 6.37. The molecule has 1 aliphatic heterocycles. The minimum absolute atomic E-state index is 0.0214. The molecule has 1 aliphatic rings. The van der Waals surface area contributed by atoms with Crippen LogP contribution in [0, 0.1) is 11.3 Å². The van der Waals surface area contributed by atoms with Crippen molar-refractivity contribution < 1.29 is 4.79 Å². The third-order valence-electron chi connectivity index (χ3n) is 3.54. The quantitative estimate of drug-likeness (QED) is 0.837. The van der Waals surface area contributed by atoms with Crippen molar-refractivity contribution >= 4 is 11.6 Å². The predicted molar refractivity (Wildman–Crippen MR) is 74.8 cm³/mol. The number of carbonyl (C=O) groups is 1. The minimum Gasteiger partial charge on any atom is -0.355 e. The fraction of sp³-hybridized carbons (Fsp3) is 0.467. The van der Waals surface area contributed by atoms with Gasteiger partial charge in [0.25, 0.3) is 0 Å². The third-order valence-corrected chi connectivity index (χ3v) is 3.54. The smallest absolute Gasteiger partial charge is 0.245 e. The molecule has 4 nitrogen and oxygen atoms in total. The van der Waals surface area contributed by atoms with Gasteiger partial charge in [0.1, 0.15) is 5.54 Å². The Bertz CT molecular complexity index is 538. The molecular weight excluding hydrogens is 238 g/mol. The maximum atomic E-state index is 12.2. The van der Waals surface area contributed by atoms with E-state index in [9.17, 15) is 4.79 Å². The van der Waals surface area contributed by atoms with Crippen LogP contribution >= 0.6 is 0 Å². The molecule has 1 heterocycles. The van der Waals surface area contributed by atoms with Crippen LogP contribution in [0.15, 0.2) is 24.3 Å². The molecule has 0 saturated carbocycles. The summed E-state index contributed by atoms with van der Waals surface area (Å²) in [5, 5.41) is 11.9. The van der Waals surface area contributed by atoms with Gasteiger partial charge in [0.15, 0.2) is 0 Å². The number of nitrogens with one attached hydrogen (secondary N) is 1. The summed E-state index contributed by atoms with van der Waals surface area (Å²) < 4.78 is 0. The lowest BCUT2D eigenvalue weighted by molar-refractivity contribution is -0.128. The van der Waals surface area contributed by atoms with Crippen LogP contribution < -0.4 is 10.2 Å². The monoisotopic (exact) mass is 257 g/mol. The second-order valence-electron chi connectivity index (χ2n) is 6.14.